The molecule has 2 aliphatic heterocycles. The van der Waals surface area contributed by atoms with E-state index < -0.39 is 12.0 Å². The summed E-state index contributed by atoms with van der Waals surface area (Å²) in [5, 5.41) is 0.297. The minimum Gasteiger partial charge on any atom is -0.493 e. The van der Waals surface area contributed by atoms with Gasteiger partial charge in [0, 0.05) is 0 Å². The van der Waals surface area contributed by atoms with Crippen molar-refractivity contribution < 1.29 is 23.8 Å². The molecule has 2 heterocycles. The van der Waals surface area contributed by atoms with Crippen LogP contribution in [0.3, 0.4) is 0 Å². The molecule has 7 nitrogen and oxygen atoms in total. The first kappa shape index (κ1) is 22.9. The molecule has 0 spiro atoms. The molecule has 0 bridgehead atoms. The molecule has 2 unspecified atom stereocenters. The molecular weight excluding hydrogens is 440 g/mol. The average Bonchev–Trinajstić information content (AvgIpc) is 3.10. The van der Waals surface area contributed by atoms with Crippen LogP contribution in [0, 0.1) is 0 Å². The van der Waals surface area contributed by atoms with E-state index in [2.05, 4.69) is 4.99 Å². The highest BCUT2D eigenvalue weighted by Gasteiger charge is 2.46. The quantitative estimate of drug-likeness (QED) is 0.560. The van der Waals surface area contributed by atoms with Crippen LogP contribution < -0.4 is 9.47 Å². The number of esters is 1. The number of carbonyl (C=O) groups excluding carboxylic acids is 2. The Morgan fingerprint density at radius 2 is 1.91 bits per heavy atom. The molecule has 2 aliphatic rings. The maximum atomic E-state index is 13.3. The lowest BCUT2D eigenvalue weighted by atomic mass is 9.94. The molecule has 1 fully saturated rings. The van der Waals surface area contributed by atoms with E-state index in [0.29, 0.717) is 34.5 Å². The van der Waals surface area contributed by atoms with Crippen LogP contribution in [-0.2, 0) is 20.9 Å². The van der Waals surface area contributed by atoms with Gasteiger partial charge in [-0.25, -0.2) is 9.79 Å². The smallest absolute Gasteiger partial charge is 0.338 e. The summed E-state index contributed by atoms with van der Waals surface area (Å²) in [6.45, 7) is 6.13. The molecule has 4 rings (SSSR count). The van der Waals surface area contributed by atoms with Crippen molar-refractivity contribution in [3.8, 4) is 11.5 Å². The highest BCUT2D eigenvalue weighted by atomic mass is 32.2. The van der Waals surface area contributed by atoms with Gasteiger partial charge in [-0.05, 0) is 44.0 Å². The Hall–Kier alpha value is -3.26. The zero-order chi connectivity index (χ0) is 23.5. The van der Waals surface area contributed by atoms with Gasteiger partial charge in [0.2, 0.25) is 5.91 Å². The second kappa shape index (κ2) is 9.70. The normalized spacial score (nSPS) is 19.8. The Morgan fingerprint density at radius 3 is 2.61 bits per heavy atom. The van der Waals surface area contributed by atoms with Crippen LogP contribution in [0.1, 0.15) is 37.9 Å². The van der Waals surface area contributed by atoms with Gasteiger partial charge in [-0.3, -0.25) is 9.69 Å². The third-order valence-corrected chi connectivity index (χ3v) is 6.55. The number of hydrogen-bond acceptors (Lipinski definition) is 7. The Bertz CT molecular complexity index is 1130. The van der Waals surface area contributed by atoms with Gasteiger partial charge in [-0.15, -0.1) is 0 Å². The fraction of sp³-hybridized carbons (Fsp3) is 0.320. The van der Waals surface area contributed by atoms with Gasteiger partial charge in [-0.1, -0.05) is 48.2 Å². The lowest BCUT2D eigenvalue weighted by molar-refractivity contribution is -0.141. The Balaban J connectivity index is 1.74. The first-order valence-corrected chi connectivity index (χ1v) is 11.6. The molecule has 1 saturated heterocycles. The molecule has 2 aromatic carbocycles. The summed E-state index contributed by atoms with van der Waals surface area (Å²) in [5.74, 6) is 0.519. The number of allylic oxidation sites excluding steroid dienone is 1. The van der Waals surface area contributed by atoms with E-state index in [-0.39, 0.29) is 17.8 Å². The maximum absolute atomic E-state index is 13.3. The van der Waals surface area contributed by atoms with Gasteiger partial charge in [0.15, 0.2) is 16.7 Å². The van der Waals surface area contributed by atoms with Gasteiger partial charge in [0.25, 0.3) is 0 Å². The van der Waals surface area contributed by atoms with Crippen molar-refractivity contribution >= 4 is 28.8 Å². The summed E-state index contributed by atoms with van der Waals surface area (Å²) in [6.07, 6.45) is 0. The van der Waals surface area contributed by atoms with E-state index in [4.69, 9.17) is 14.2 Å². The Labute approximate surface area is 197 Å². The largest absolute Gasteiger partial charge is 0.493 e. The molecule has 0 aliphatic carbocycles. The number of carbonyl (C=O) groups is 2. The van der Waals surface area contributed by atoms with Crippen LogP contribution in [0.25, 0.3) is 0 Å². The molecular formula is C25H26N2O5S. The highest BCUT2D eigenvalue weighted by Crippen LogP contribution is 2.44. The predicted molar refractivity (Wildman–Crippen MR) is 127 cm³/mol. The third kappa shape index (κ3) is 4.48. The van der Waals surface area contributed by atoms with E-state index in [1.165, 1.54) is 11.8 Å². The number of amidine groups is 1. The predicted octanol–water partition coefficient (Wildman–Crippen LogP) is 4.49. The zero-order valence-corrected chi connectivity index (χ0v) is 19.8. The molecule has 2 aromatic rings. The molecule has 8 heteroatoms. The number of aliphatic imine (C=N–C) groups is 1. The van der Waals surface area contributed by atoms with Crippen molar-refractivity contribution in [2.75, 3.05) is 13.7 Å². The third-order valence-electron chi connectivity index (χ3n) is 5.49. The minimum atomic E-state index is -0.671. The molecule has 0 aromatic heterocycles. The molecule has 0 saturated carbocycles. The summed E-state index contributed by atoms with van der Waals surface area (Å²) in [6, 6.07) is 14.2. The number of thioether (sulfide) groups is 1. The number of methoxy groups -OCH3 is 1. The zero-order valence-electron chi connectivity index (χ0n) is 19.0. The number of benzene rings is 2. The molecule has 33 heavy (non-hydrogen) atoms. The molecule has 0 radical (unpaired) electrons. The molecule has 1 amide bonds. The van der Waals surface area contributed by atoms with Crippen molar-refractivity contribution in [3.63, 3.8) is 0 Å². The first-order chi connectivity index (χ1) is 15.9. The maximum Gasteiger partial charge on any atom is 0.338 e. The van der Waals surface area contributed by atoms with E-state index in [1.807, 2.05) is 50.2 Å². The van der Waals surface area contributed by atoms with Crippen LogP contribution in [0.2, 0.25) is 0 Å². The lowest BCUT2D eigenvalue weighted by Gasteiger charge is -2.33. The Morgan fingerprint density at radius 1 is 1.15 bits per heavy atom. The number of amides is 1. The van der Waals surface area contributed by atoms with E-state index in [1.54, 1.807) is 31.1 Å². The van der Waals surface area contributed by atoms with E-state index >= 15 is 0 Å². The summed E-state index contributed by atoms with van der Waals surface area (Å²) in [5.41, 5.74) is 2.47. The molecule has 172 valence electrons. The van der Waals surface area contributed by atoms with Gasteiger partial charge >= 0.3 is 5.97 Å². The van der Waals surface area contributed by atoms with E-state index in [9.17, 15) is 9.59 Å². The number of fused-ring (bicyclic) bond motifs is 1. The lowest BCUT2D eigenvalue weighted by Crippen LogP contribution is -2.40. The Kier molecular flexibility index (Phi) is 6.74. The monoisotopic (exact) mass is 466 g/mol. The number of nitrogens with zero attached hydrogens (tertiary/aromatic N) is 2. The van der Waals surface area contributed by atoms with Gasteiger partial charge in [-0.2, -0.15) is 0 Å². The molecule has 0 N–H and O–H groups in total. The van der Waals surface area contributed by atoms with E-state index in [0.717, 1.165) is 11.1 Å². The van der Waals surface area contributed by atoms with Crippen molar-refractivity contribution in [2.45, 2.75) is 38.7 Å². The second-order valence-corrected chi connectivity index (χ2v) is 8.98. The van der Waals surface area contributed by atoms with Crippen molar-refractivity contribution in [3.05, 3.63) is 70.9 Å². The minimum absolute atomic E-state index is 0.0996. The van der Waals surface area contributed by atoms with Gasteiger partial charge in [0.05, 0.1) is 36.3 Å². The number of hydrogen-bond donors (Lipinski definition) is 0. The first-order valence-electron chi connectivity index (χ1n) is 10.8. The van der Waals surface area contributed by atoms with Crippen LogP contribution in [0.5, 0.6) is 11.5 Å². The molecule has 2 atom stereocenters. The van der Waals surface area contributed by atoms with Crippen molar-refractivity contribution in [1.29, 1.82) is 0 Å². The fourth-order valence-corrected chi connectivity index (χ4v) is 4.94. The van der Waals surface area contributed by atoms with Crippen LogP contribution >= 0.6 is 11.8 Å². The number of rotatable bonds is 7. The van der Waals surface area contributed by atoms with Crippen LogP contribution in [-0.4, -0.2) is 40.9 Å². The number of ether oxygens (including phenoxy) is 3. The summed E-state index contributed by atoms with van der Waals surface area (Å²) in [7, 11) is 1.56. The van der Waals surface area contributed by atoms with Gasteiger partial charge < -0.3 is 14.2 Å². The van der Waals surface area contributed by atoms with Crippen LogP contribution in [0.4, 0.5) is 0 Å². The second-order valence-electron chi connectivity index (χ2n) is 7.67. The highest BCUT2D eigenvalue weighted by molar-refractivity contribution is 8.15. The fourth-order valence-electron chi connectivity index (χ4n) is 3.91. The SMILES string of the molecule is CCOc1ccc(C2C(C(=O)OCc3ccccc3)=C(C)N=C3SC(C)C(=O)N32)cc1OC. The van der Waals surface area contributed by atoms with Crippen LogP contribution in [0.15, 0.2) is 64.8 Å². The van der Waals surface area contributed by atoms with Crippen molar-refractivity contribution in [2.24, 2.45) is 4.99 Å². The standard InChI is InChI=1S/C25H26N2O5S/c1-5-31-19-12-11-18(13-20(19)30-4)22-21(24(29)32-14-17-9-7-6-8-10-17)15(2)26-25-27(22)23(28)16(3)33-25/h6-13,16,22H,5,14H2,1-4H3. The summed E-state index contributed by atoms with van der Waals surface area (Å²) < 4.78 is 16.8. The average molecular weight is 467 g/mol. The topological polar surface area (TPSA) is 77.4 Å². The summed E-state index contributed by atoms with van der Waals surface area (Å²) >= 11 is 1.39. The van der Waals surface area contributed by atoms with Crippen molar-refractivity contribution in [1.82, 2.24) is 4.90 Å². The summed E-state index contributed by atoms with van der Waals surface area (Å²) in [4.78, 5) is 32.6. The van der Waals surface area contributed by atoms with Gasteiger partial charge in [0.1, 0.15) is 6.61 Å².